The van der Waals surface area contributed by atoms with E-state index < -0.39 is 0 Å². The quantitative estimate of drug-likeness (QED) is 0.591. The predicted molar refractivity (Wildman–Crippen MR) is 129 cm³/mol. The van der Waals surface area contributed by atoms with E-state index in [2.05, 4.69) is 15.6 Å². The van der Waals surface area contributed by atoms with Crippen LogP contribution >= 0.6 is 11.3 Å². The van der Waals surface area contributed by atoms with Crippen molar-refractivity contribution in [1.29, 1.82) is 0 Å². The van der Waals surface area contributed by atoms with E-state index in [1.807, 2.05) is 34.5 Å². The summed E-state index contributed by atoms with van der Waals surface area (Å²) >= 11 is 1.40. The molecule has 0 unspecified atom stereocenters. The fourth-order valence-electron chi connectivity index (χ4n) is 4.76. The highest BCUT2D eigenvalue weighted by atomic mass is 32.1. The molecule has 4 N–H and O–H groups in total. The molecule has 0 spiro atoms. The van der Waals surface area contributed by atoms with E-state index >= 15 is 0 Å². The van der Waals surface area contributed by atoms with E-state index in [-0.39, 0.29) is 24.3 Å². The van der Waals surface area contributed by atoms with Crippen molar-refractivity contribution in [2.24, 2.45) is 11.8 Å². The minimum Gasteiger partial charge on any atom is -0.375 e. The van der Waals surface area contributed by atoms with Gasteiger partial charge in [0.25, 0.3) is 0 Å². The first-order chi connectivity index (χ1) is 15.6. The third kappa shape index (κ3) is 6.07. The number of anilines is 2. The van der Waals surface area contributed by atoms with Crippen molar-refractivity contribution in [1.82, 2.24) is 15.2 Å². The van der Waals surface area contributed by atoms with Gasteiger partial charge in [-0.15, -0.1) is 11.3 Å². The molecule has 1 aliphatic carbocycles. The topological polar surface area (TPSA) is 100 Å². The van der Waals surface area contributed by atoms with Crippen LogP contribution in [0.5, 0.6) is 0 Å². The number of aromatic nitrogens is 1. The van der Waals surface area contributed by atoms with Gasteiger partial charge in [-0.1, -0.05) is 31.4 Å². The summed E-state index contributed by atoms with van der Waals surface area (Å²) in [6.07, 6.45) is 7.74. The SMILES string of the molecule is Nc1nc(-c2ccc(NC(=O)CN(CC3CCCCC3)C(=O)C3CCNCC3)cc2)cs1. The second-order valence-corrected chi connectivity index (χ2v) is 9.83. The summed E-state index contributed by atoms with van der Waals surface area (Å²) in [7, 11) is 0. The van der Waals surface area contributed by atoms with Gasteiger partial charge in [0.1, 0.15) is 0 Å². The predicted octanol–water partition coefficient (Wildman–Crippen LogP) is 3.74. The maximum absolute atomic E-state index is 13.3. The van der Waals surface area contributed by atoms with Crippen molar-refractivity contribution in [3.63, 3.8) is 0 Å². The Hall–Kier alpha value is -2.45. The molecule has 32 heavy (non-hydrogen) atoms. The number of rotatable bonds is 7. The van der Waals surface area contributed by atoms with Crippen LogP contribution in [0.25, 0.3) is 11.3 Å². The smallest absolute Gasteiger partial charge is 0.243 e. The number of hydrogen-bond acceptors (Lipinski definition) is 6. The average Bonchev–Trinajstić information content (AvgIpc) is 3.26. The minimum absolute atomic E-state index is 0.0254. The number of amides is 2. The minimum atomic E-state index is -0.145. The van der Waals surface area contributed by atoms with Gasteiger partial charge in [-0.05, 0) is 56.8 Å². The van der Waals surface area contributed by atoms with E-state index in [9.17, 15) is 9.59 Å². The van der Waals surface area contributed by atoms with Gasteiger partial charge in [-0.3, -0.25) is 9.59 Å². The first kappa shape index (κ1) is 22.7. The maximum Gasteiger partial charge on any atom is 0.243 e. The highest BCUT2D eigenvalue weighted by Gasteiger charge is 2.29. The molecule has 2 aliphatic rings. The molecule has 1 aliphatic heterocycles. The van der Waals surface area contributed by atoms with E-state index in [0.29, 0.717) is 23.3 Å². The number of nitrogens with zero attached hydrogens (tertiary/aromatic N) is 2. The zero-order valence-electron chi connectivity index (χ0n) is 18.5. The van der Waals surface area contributed by atoms with E-state index in [0.717, 1.165) is 50.0 Å². The third-order valence-electron chi connectivity index (χ3n) is 6.52. The lowest BCUT2D eigenvalue weighted by Crippen LogP contribution is -2.46. The summed E-state index contributed by atoms with van der Waals surface area (Å²) < 4.78 is 0. The molecule has 0 bridgehead atoms. The van der Waals surface area contributed by atoms with Crippen LogP contribution in [0.1, 0.15) is 44.9 Å². The first-order valence-electron chi connectivity index (χ1n) is 11.7. The Kier molecular flexibility index (Phi) is 7.76. The first-order valence-corrected chi connectivity index (χ1v) is 12.6. The molecule has 1 saturated carbocycles. The molecule has 2 amide bonds. The number of thiazole rings is 1. The van der Waals surface area contributed by atoms with Gasteiger partial charge in [0.15, 0.2) is 5.13 Å². The van der Waals surface area contributed by atoms with Crippen LogP contribution in [0.3, 0.4) is 0 Å². The summed E-state index contributed by atoms with van der Waals surface area (Å²) in [6.45, 7) is 2.55. The summed E-state index contributed by atoms with van der Waals surface area (Å²) in [4.78, 5) is 32.2. The lowest BCUT2D eigenvalue weighted by Gasteiger charge is -2.33. The number of nitrogen functional groups attached to an aromatic ring is 1. The van der Waals surface area contributed by atoms with Crippen LogP contribution in [-0.2, 0) is 9.59 Å². The number of nitrogens with one attached hydrogen (secondary N) is 2. The van der Waals surface area contributed by atoms with E-state index in [1.165, 1.54) is 30.6 Å². The van der Waals surface area contributed by atoms with Gasteiger partial charge in [0, 0.05) is 29.1 Å². The number of piperidine rings is 1. The number of carbonyl (C=O) groups is 2. The molecule has 2 fully saturated rings. The molecular formula is C24H33N5O2S. The van der Waals surface area contributed by atoms with Crippen LogP contribution in [0, 0.1) is 11.8 Å². The largest absolute Gasteiger partial charge is 0.375 e. The van der Waals surface area contributed by atoms with Crippen molar-refractivity contribution in [3.8, 4) is 11.3 Å². The molecule has 1 aromatic carbocycles. The van der Waals surface area contributed by atoms with Crippen LogP contribution in [-0.4, -0.2) is 47.9 Å². The van der Waals surface area contributed by atoms with Crippen LogP contribution in [0.15, 0.2) is 29.6 Å². The Morgan fingerprint density at radius 2 is 1.81 bits per heavy atom. The van der Waals surface area contributed by atoms with Crippen LogP contribution < -0.4 is 16.4 Å². The summed E-state index contributed by atoms with van der Waals surface area (Å²) in [5.74, 6) is 0.530. The van der Waals surface area contributed by atoms with Gasteiger partial charge >= 0.3 is 0 Å². The Bertz CT molecular complexity index is 901. The van der Waals surface area contributed by atoms with Crippen molar-refractivity contribution in [3.05, 3.63) is 29.6 Å². The van der Waals surface area contributed by atoms with Gasteiger partial charge in [0.05, 0.1) is 12.2 Å². The number of benzene rings is 1. The van der Waals surface area contributed by atoms with E-state index in [1.54, 1.807) is 0 Å². The molecule has 1 saturated heterocycles. The summed E-state index contributed by atoms with van der Waals surface area (Å²) in [6, 6.07) is 7.57. The molecule has 4 rings (SSSR count). The second kappa shape index (κ2) is 10.9. The normalized spacial score (nSPS) is 17.8. The van der Waals surface area contributed by atoms with Gasteiger partial charge in [0.2, 0.25) is 11.8 Å². The zero-order valence-corrected chi connectivity index (χ0v) is 19.3. The average molecular weight is 456 g/mol. The molecule has 2 heterocycles. The van der Waals surface area contributed by atoms with E-state index in [4.69, 9.17) is 5.73 Å². The number of carbonyl (C=O) groups excluding carboxylic acids is 2. The molecule has 1 aromatic heterocycles. The molecule has 7 nitrogen and oxygen atoms in total. The lowest BCUT2D eigenvalue weighted by molar-refractivity contribution is -0.140. The van der Waals surface area contributed by atoms with Crippen molar-refractivity contribution < 1.29 is 9.59 Å². The molecular weight excluding hydrogens is 422 g/mol. The van der Waals surface area contributed by atoms with Crippen molar-refractivity contribution >= 4 is 34.0 Å². The molecule has 0 radical (unpaired) electrons. The Morgan fingerprint density at radius 3 is 2.47 bits per heavy atom. The zero-order chi connectivity index (χ0) is 22.3. The molecule has 0 atom stereocenters. The van der Waals surface area contributed by atoms with Crippen LogP contribution in [0.2, 0.25) is 0 Å². The maximum atomic E-state index is 13.3. The second-order valence-electron chi connectivity index (χ2n) is 8.94. The Balaban J connectivity index is 1.38. The highest BCUT2D eigenvalue weighted by Crippen LogP contribution is 2.27. The fourth-order valence-corrected chi connectivity index (χ4v) is 5.33. The van der Waals surface area contributed by atoms with Crippen molar-refractivity contribution in [2.75, 3.05) is 37.2 Å². The monoisotopic (exact) mass is 455 g/mol. The molecule has 172 valence electrons. The summed E-state index contributed by atoms with van der Waals surface area (Å²) in [5.41, 5.74) is 8.22. The Morgan fingerprint density at radius 1 is 1.09 bits per heavy atom. The number of hydrogen-bond donors (Lipinski definition) is 3. The van der Waals surface area contributed by atoms with Crippen LogP contribution in [0.4, 0.5) is 10.8 Å². The Labute approximate surface area is 193 Å². The van der Waals surface area contributed by atoms with Crippen molar-refractivity contribution in [2.45, 2.75) is 44.9 Å². The van der Waals surface area contributed by atoms with Gasteiger partial charge in [-0.25, -0.2) is 4.98 Å². The molecule has 8 heteroatoms. The summed E-state index contributed by atoms with van der Waals surface area (Å²) in [5, 5.41) is 8.73. The number of nitrogens with two attached hydrogens (primary N) is 1. The van der Waals surface area contributed by atoms with Gasteiger partial charge in [-0.2, -0.15) is 0 Å². The lowest BCUT2D eigenvalue weighted by atomic mass is 9.88. The van der Waals surface area contributed by atoms with Gasteiger partial charge < -0.3 is 21.3 Å². The standard InChI is InChI=1S/C24H33N5O2S/c25-24-28-21(16-32-24)18-6-8-20(9-7-18)27-22(30)15-29(14-17-4-2-1-3-5-17)23(31)19-10-12-26-13-11-19/h6-9,16-17,19,26H,1-5,10-15H2,(H2,25,28)(H,27,30). The third-order valence-corrected chi connectivity index (χ3v) is 7.20. The fraction of sp³-hybridized carbons (Fsp3) is 0.542. The highest BCUT2D eigenvalue weighted by molar-refractivity contribution is 7.13. The molecule has 2 aromatic rings.